The Morgan fingerprint density at radius 1 is 1.56 bits per heavy atom. The summed E-state index contributed by atoms with van der Waals surface area (Å²) in [6.07, 6.45) is 2.21. The topological polar surface area (TPSA) is 62.3 Å². The number of hydrogen-bond donors (Lipinski definition) is 1. The van der Waals surface area contributed by atoms with Gasteiger partial charge in [0, 0.05) is 19.8 Å². The molecule has 16 heavy (non-hydrogen) atoms. The highest BCUT2D eigenvalue weighted by Gasteiger charge is 2.30. The fourth-order valence-electron chi connectivity index (χ4n) is 1.69. The third-order valence-electron chi connectivity index (χ3n) is 2.63. The van der Waals surface area contributed by atoms with Crippen molar-refractivity contribution in [3.63, 3.8) is 0 Å². The van der Waals surface area contributed by atoms with E-state index in [-0.39, 0.29) is 11.8 Å². The van der Waals surface area contributed by atoms with E-state index in [1.807, 2.05) is 0 Å². The molecule has 0 aliphatic carbocycles. The molecule has 2 amide bonds. The van der Waals surface area contributed by atoms with Crippen molar-refractivity contribution in [2.24, 2.45) is 0 Å². The maximum absolute atomic E-state index is 11.7. The summed E-state index contributed by atoms with van der Waals surface area (Å²) in [5.41, 5.74) is 0.338. The van der Waals surface area contributed by atoms with Crippen LogP contribution in [0.15, 0.2) is 24.4 Å². The number of nitrogens with zero attached hydrogens (tertiary/aromatic N) is 2. The van der Waals surface area contributed by atoms with Gasteiger partial charge in [0.1, 0.15) is 11.7 Å². The van der Waals surface area contributed by atoms with Crippen LogP contribution < -0.4 is 5.32 Å². The lowest BCUT2D eigenvalue weighted by atomic mass is 10.2. The predicted molar refractivity (Wildman–Crippen MR) is 57.7 cm³/mol. The Hall–Kier alpha value is -1.91. The standard InChI is InChI=1S/C11H13N3O2/c1-14-7-5-9(11(14)16)13-10(15)8-4-2-3-6-12-8/h2-4,6,9H,5,7H2,1H3,(H,13,15). The van der Waals surface area contributed by atoms with E-state index in [0.717, 1.165) is 0 Å². The van der Waals surface area contributed by atoms with Gasteiger partial charge in [-0.15, -0.1) is 0 Å². The molecule has 0 radical (unpaired) electrons. The maximum atomic E-state index is 11.7. The van der Waals surface area contributed by atoms with Crippen molar-refractivity contribution in [3.05, 3.63) is 30.1 Å². The van der Waals surface area contributed by atoms with Crippen LogP contribution in [0.1, 0.15) is 16.9 Å². The molecule has 1 aliphatic rings. The van der Waals surface area contributed by atoms with Gasteiger partial charge in [0.05, 0.1) is 0 Å². The van der Waals surface area contributed by atoms with Crippen molar-refractivity contribution in [1.29, 1.82) is 0 Å². The lowest BCUT2D eigenvalue weighted by Gasteiger charge is -2.11. The number of amides is 2. The Balaban J connectivity index is 2.01. The van der Waals surface area contributed by atoms with Crippen LogP contribution in [0.5, 0.6) is 0 Å². The van der Waals surface area contributed by atoms with Gasteiger partial charge in [-0.3, -0.25) is 14.6 Å². The highest BCUT2D eigenvalue weighted by atomic mass is 16.2. The molecule has 0 saturated carbocycles. The second kappa shape index (κ2) is 4.30. The molecule has 1 atom stereocenters. The van der Waals surface area contributed by atoms with E-state index >= 15 is 0 Å². The van der Waals surface area contributed by atoms with Gasteiger partial charge in [0.15, 0.2) is 0 Å². The molecule has 1 aliphatic heterocycles. The molecular weight excluding hydrogens is 206 g/mol. The number of likely N-dealkylation sites (N-methyl/N-ethyl adjacent to an activating group) is 1. The Labute approximate surface area is 93.5 Å². The Morgan fingerprint density at radius 3 is 2.94 bits per heavy atom. The summed E-state index contributed by atoms with van der Waals surface area (Å²) in [6.45, 7) is 0.687. The smallest absolute Gasteiger partial charge is 0.270 e. The zero-order valence-electron chi connectivity index (χ0n) is 9.01. The molecule has 84 valence electrons. The van der Waals surface area contributed by atoms with Gasteiger partial charge < -0.3 is 10.2 Å². The summed E-state index contributed by atoms with van der Waals surface area (Å²) >= 11 is 0. The van der Waals surface area contributed by atoms with E-state index in [1.54, 1.807) is 36.3 Å². The molecule has 0 spiro atoms. The molecule has 2 rings (SSSR count). The van der Waals surface area contributed by atoms with E-state index in [1.165, 1.54) is 0 Å². The number of carbonyl (C=O) groups excluding carboxylic acids is 2. The van der Waals surface area contributed by atoms with Crippen LogP contribution in [0.25, 0.3) is 0 Å². The van der Waals surface area contributed by atoms with Gasteiger partial charge in [0.2, 0.25) is 5.91 Å². The van der Waals surface area contributed by atoms with Gasteiger partial charge in [-0.25, -0.2) is 0 Å². The zero-order valence-corrected chi connectivity index (χ0v) is 9.01. The van der Waals surface area contributed by atoms with Crippen molar-refractivity contribution in [2.45, 2.75) is 12.5 Å². The molecule has 0 bridgehead atoms. The highest BCUT2D eigenvalue weighted by molar-refractivity contribution is 5.96. The van der Waals surface area contributed by atoms with Crippen LogP contribution in [0.2, 0.25) is 0 Å². The molecule has 1 aromatic heterocycles. The van der Waals surface area contributed by atoms with Gasteiger partial charge in [0.25, 0.3) is 5.91 Å². The Bertz CT molecular complexity index is 405. The largest absolute Gasteiger partial charge is 0.344 e. The third kappa shape index (κ3) is 2.03. The lowest BCUT2D eigenvalue weighted by Crippen LogP contribution is -2.40. The molecule has 1 unspecified atom stereocenters. The number of rotatable bonds is 2. The molecule has 1 aromatic rings. The summed E-state index contributed by atoms with van der Waals surface area (Å²) in [5, 5.41) is 2.68. The first-order chi connectivity index (χ1) is 7.68. The number of likely N-dealkylation sites (tertiary alicyclic amines) is 1. The minimum atomic E-state index is -0.403. The van der Waals surface area contributed by atoms with E-state index in [4.69, 9.17) is 0 Å². The van der Waals surface area contributed by atoms with E-state index in [9.17, 15) is 9.59 Å². The van der Waals surface area contributed by atoms with Crippen LogP contribution in [-0.4, -0.2) is 41.3 Å². The SMILES string of the molecule is CN1CCC(NC(=O)c2ccccn2)C1=O. The van der Waals surface area contributed by atoms with Crippen LogP contribution >= 0.6 is 0 Å². The summed E-state index contributed by atoms with van der Waals surface area (Å²) in [5.74, 6) is -0.335. The van der Waals surface area contributed by atoms with E-state index < -0.39 is 6.04 Å². The number of hydrogen-bond acceptors (Lipinski definition) is 3. The first-order valence-electron chi connectivity index (χ1n) is 5.15. The average molecular weight is 219 g/mol. The minimum Gasteiger partial charge on any atom is -0.344 e. The average Bonchev–Trinajstić information content (AvgIpc) is 2.62. The maximum Gasteiger partial charge on any atom is 0.270 e. The van der Waals surface area contributed by atoms with E-state index in [2.05, 4.69) is 10.3 Å². The quantitative estimate of drug-likeness (QED) is 0.764. The van der Waals surface area contributed by atoms with Crippen molar-refractivity contribution in [2.75, 3.05) is 13.6 Å². The van der Waals surface area contributed by atoms with Crippen LogP contribution in [0.3, 0.4) is 0 Å². The zero-order chi connectivity index (χ0) is 11.5. The van der Waals surface area contributed by atoms with Crippen LogP contribution in [0, 0.1) is 0 Å². The molecular formula is C11H13N3O2. The van der Waals surface area contributed by atoms with Crippen molar-refractivity contribution < 1.29 is 9.59 Å². The fraction of sp³-hybridized carbons (Fsp3) is 0.364. The molecule has 0 aromatic carbocycles. The number of pyridine rings is 1. The van der Waals surface area contributed by atoms with Gasteiger partial charge in [-0.2, -0.15) is 0 Å². The first kappa shape index (κ1) is 10.6. The first-order valence-corrected chi connectivity index (χ1v) is 5.15. The van der Waals surface area contributed by atoms with Crippen molar-refractivity contribution in [1.82, 2.24) is 15.2 Å². The summed E-state index contributed by atoms with van der Waals surface area (Å²) in [6, 6.07) is 4.70. The summed E-state index contributed by atoms with van der Waals surface area (Å²) in [4.78, 5) is 28.8. The molecule has 1 saturated heterocycles. The highest BCUT2D eigenvalue weighted by Crippen LogP contribution is 2.09. The predicted octanol–water partition coefficient (Wildman–Crippen LogP) is 0.0421. The van der Waals surface area contributed by atoms with Gasteiger partial charge >= 0.3 is 0 Å². The monoisotopic (exact) mass is 219 g/mol. The fourth-order valence-corrected chi connectivity index (χ4v) is 1.69. The molecule has 5 nitrogen and oxygen atoms in total. The Kier molecular flexibility index (Phi) is 2.85. The molecule has 1 N–H and O–H groups in total. The number of nitrogens with one attached hydrogen (secondary N) is 1. The minimum absolute atomic E-state index is 0.0377. The van der Waals surface area contributed by atoms with Crippen molar-refractivity contribution in [3.8, 4) is 0 Å². The summed E-state index contributed by atoms with van der Waals surface area (Å²) in [7, 11) is 1.73. The summed E-state index contributed by atoms with van der Waals surface area (Å²) < 4.78 is 0. The third-order valence-corrected chi connectivity index (χ3v) is 2.63. The van der Waals surface area contributed by atoms with Gasteiger partial charge in [-0.1, -0.05) is 6.07 Å². The normalized spacial score (nSPS) is 19.9. The van der Waals surface area contributed by atoms with Crippen LogP contribution in [-0.2, 0) is 4.79 Å². The second-order valence-electron chi connectivity index (χ2n) is 3.79. The Morgan fingerprint density at radius 2 is 2.38 bits per heavy atom. The molecule has 2 heterocycles. The number of carbonyl (C=O) groups is 2. The lowest BCUT2D eigenvalue weighted by molar-refractivity contribution is -0.128. The van der Waals surface area contributed by atoms with Gasteiger partial charge in [-0.05, 0) is 18.6 Å². The van der Waals surface area contributed by atoms with Crippen molar-refractivity contribution >= 4 is 11.8 Å². The van der Waals surface area contributed by atoms with Crippen LogP contribution in [0.4, 0.5) is 0 Å². The molecule has 1 fully saturated rings. The number of aromatic nitrogens is 1. The second-order valence-corrected chi connectivity index (χ2v) is 3.79. The molecule has 5 heteroatoms. The van der Waals surface area contributed by atoms with E-state index in [0.29, 0.717) is 18.7 Å².